The first-order valence-electron chi connectivity index (χ1n) is 5.87. The van der Waals surface area contributed by atoms with Crippen LogP contribution in [-0.2, 0) is 0 Å². The molecule has 0 bridgehead atoms. The number of anilines is 1. The molecule has 98 valence electrons. The summed E-state index contributed by atoms with van der Waals surface area (Å²) in [7, 11) is 0. The maximum absolute atomic E-state index is 5.97. The van der Waals surface area contributed by atoms with E-state index < -0.39 is 0 Å². The normalized spacial score (nSPS) is 12.8. The Morgan fingerprint density at radius 1 is 1.42 bits per heavy atom. The van der Waals surface area contributed by atoms with E-state index in [2.05, 4.69) is 15.3 Å². The average Bonchev–Trinajstić information content (AvgIpc) is 2.94. The predicted molar refractivity (Wildman–Crippen MR) is 77.9 cm³/mol. The van der Waals surface area contributed by atoms with E-state index >= 15 is 0 Å². The highest BCUT2D eigenvalue weighted by Crippen LogP contribution is 2.30. The Balaban J connectivity index is 1.85. The van der Waals surface area contributed by atoms with Crippen LogP contribution >= 0.6 is 22.9 Å². The molecule has 0 saturated carbocycles. The molecule has 1 N–H and O–H groups in total. The van der Waals surface area contributed by atoms with Crippen LogP contribution < -0.4 is 5.32 Å². The van der Waals surface area contributed by atoms with E-state index in [1.54, 1.807) is 17.5 Å². The van der Waals surface area contributed by atoms with Crippen molar-refractivity contribution in [2.24, 2.45) is 0 Å². The lowest BCUT2D eigenvalue weighted by Crippen LogP contribution is -2.06. The van der Waals surface area contributed by atoms with Gasteiger partial charge in [0.1, 0.15) is 11.8 Å². The smallest absolute Gasteiger partial charge is 0.216 e. The van der Waals surface area contributed by atoms with Crippen molar-refractivity contribution in [3.8, 4) is 0 Å². The summed E-state index contributed by atoms with van der Waals surface area (Å²) in [6.45, 7) is 3.87. The van der Waals surface area contributed by atoms with Crippen molar-refractivity contribution in [2.75, 3.05) is 5.32 Å². The number of benzene rings is 1. The van der Waals surface area contributed by atoms with Crippen LogP contribution in [0.15, 0.2) is 28.8 Å². The zero-order chi connectivity index (χ0) is 13.4. The van der Waals surface area contributed by atoms with Crippen molar-refractivity contribution >= 4 is 38.3 Å². The molecule has 0 amide bonds. The molecule has 2 aromatic heterocycles. The van der Waals surface area contributed by atoms with Gasteiger partial charge in [-0.1, -0.05) is 22.9 Å². The summed E-state index contributed by atoms with van der Waals surface area (Å²) in [6.07, 6.45) is 1.71. The number of aromatic nitrogens is 2. The van der Waals surface area contributed by atoms with Crippen molar-refractivity contribution in [1.29, 1.82) is 0 Å². The first kappa shape index (κ1) is 12.4. The zero-order valence-corrected chi connectivity index (χ0v) is 12.0. The molecular formula is C13H12ClN3OS. The molecule has 6 heteroatoms. The fourth-order valence-corrected chi connectivity index (χ4v) is 3.01. The Labute approximate surface area is 119 Å². The third-order valence-electron chi connectivity index (χ3n) is 2.70. The predicted octanol–water partition coefficient (Wildman–Crippen LogP) is 4.42. The fourth-order valence-electron chi connectivity index (χ4n) is 1.78. The Morgan fingerprint density at radius 2 is 2.26 bits per heavy atom. The van der Waals surface area contributed by atoms with Crippen molar-refractivity contribution in [3.63, 3.8) is 0 Å². The molecule has 1 aromatic carbocycles. The summed E-state index contributed by atoms with van der Waals surface area (Å²) in [5, 5.41) is 4.84. The minimum Gasteiger partial charge on any atom is -0.444 e. The quantitative estimate of drug-likeness (QED) is 0.776. The largest absolute Gasteiger partial charge is 0.444 e. The lowest BCUT2D eigenvalue weighted by molar-refractivity contribution is 0.453. The number of oxazole rings is 1. The van der Waals surface area contributed by atoms with Crippen molar-refractivity contribution < 1.29 is 4.42 Å². The van der Waals surface area contributed by atoms with Crippen LogP contribution in [0.25, 0.3) is 10.2 Å². The van der Waals surface area contributed by atoms with Crippen LogP contribution in [0.4, 0.5) is 5.13 Å². The van der Waals surface area contributed by atoms with E-state index in [4.69, 9.17) is 16.0 Å². The highest BCUT2D eigenvalue weighted by molar-refractivity contribution is 7.22. The molecule has 2 heterocycles. The molecular weight excluding hydrogens is 282 g/mol. The van der Waals surface area contributed by atoms with E-state index in [1.165, 1.54) is 0 Å². The highest BCUT2D eigenvalue weighted by atomic mass is 35.5. The molecule has 4 nitrogen and oxygen atoms in total. The summed E-state index contributed by atoms with van der Waals surface area (Å²) in [5.74, 6) is 1.47. The van der Waals surface area contributed by atoms with E-state index in [-0.39, 0.29) is 6.04 Å². The molecule has 1 unspecified atom stereocenters. The molecule has 3 aromatic rings. The highest BCUT2D eigenvalue weighted by Gasteiger charge is 2.13. The zero-order valence-electron chi connectivity index (χ0n) is 10.5. The Morgan fingerprint density at radius 3 is 3.00 bits per heavy atom. The van der Waals surface area contributed by atoms with Crippen LogP contribution in [0, 0.1) is 6.92 Å². The van der Waals surface area contributed by atoms with Gasteiger partial charge in [0.15, 0.2) is 5.13 Å². The van der Waals surface area contributed by atoms with Gasteiger partial charge in [-0.3, -0.25) is 0 Å². The van der Waals surface area contributed by atoms with Gasteiger partial charge in [-0.05, 0) is 32.0 Å². The summed E-state index contributed by atoms with van der Waals surface area (Å²) in [4.78, 5) is 8.71. The molecule has 0 spiro atoms. The van der Waals surface area contributed by atoms with Gasteiger partial charge in [-0.15, -0.1) is 0 Å². The Bertz CT molecular complexity index is 722. The molecule has 3 rings (SSSR count). The van der Waals surface area contributed by atoms with Gasteiger partial charge in [0.2, 0.25) is 5.89 Å². The second kappa shape index (κ2) is 4.83. The van der Waals surface area contributed by atoms with Gasteiger partial charge in [0.25, 0.3) is 0 Å². The number of halogens is 1. The van der Waals surface area contributed by atoms with Gasteiger partial charge in [-0.25, -0.2) is 9.97 Å². The monoisotopic (exact) mass is 293 g/mol. The molecule has 1 atom stereocenters. The van der Waals surface area contributed by atoms with Gasteiger partial charge in [0, 0.05) is 5.02 Å². The molecule has 19 heavy (non-hydrogen) atoms. The number of rotatable bonds is 3. The number of aryl methyl sites for hydroxylation is 1. The van der Waals surface area contributed by atoms with E-state index in [0.29, 0.717) is 5.89 Å². The topological polar surface area (TPSA) is 51.0 Å². The number of hydrogen-bond acceptors (Lipinski definition) is 5. The van der Waals surface area contributed by atoms with E-state index in [1.807, 2.05) is 32.0 Å². The summed E-state index contributed by atoms with van der Waals surface area (Å²) in [6, 6.07) is 5.65. The third kappa shape index (κ3) is 2.57. The first-order chi connectivity index (χ1) is 9.11. The lowest BCUT2D eigenvalue weighted by atomic mass is 10.3. The minimum absolute atomic E-state index is 0.0234. The molecule has 0 aliphatic carbocycles. The number of hydrogen-bond donors (Lipinski definition) is 1. The van der Waals surface area contributed by atoms with Gasteiger partial charge < -0.3 is 9.73 Å². The van der Waals surface area contributed by atoms with E-state index in [9.17, 15) is 0 Å². The fraction of sp³-hybridized carbons (Fsp3) is 0.231. The summed E-state index contributed by atoms with van der Waals surface area (Å²) < 4.78 is 6.55. The molecule has 0 aliphatic rings. The maximum Gasteiger partial charge on any atom is 0.216 e. The molecule has 0 fully saturated rings. The average molecular weight is 294 g/mol. The van der Waals surface area contributed by atoms with Gasteiger partial charge >= 0.3 is 0 Å². The molecule has 0 radical (unpaired) electrons. The van der Waals surface area contributed by atoms with Crippen LogP contribution in [-0.4, -0.2) is 9.97 Å². The van der Waals surface area contributed by atoms with Crippen molar-refractivity contribution in [2.45, 2.75) is 19.9 Å². The summed E-state index contributed by atoms with van der Waals surface area (Å²) >= 11 is 7.53. The SMILES string of the molecule is Cc1cnc(C(C)Nc2nc3ccc(Cl)cc3s2)o1. The number of nitrogens with one attached hydrogen (secondary N) is 1. The minimum atomic E-state index is -0.0234. The van der Waals surface area contributed by atoms with Crippen LogP contribution in [0.2, 0.25) is 5.02 Å². The lowest BCUT2D eigenvalue weighted by Gasteiger charge is -2.07. The van der Waals surface area contributed by atoms with E-state index in [0.717, 1.165) is 26.1 Å². The molecule has 0 aliphatic heterocycles. The first-order valence-corrected chi connectivity index (χ1v) is 7.06. The number of fused-ring (bicyclic) bond motifs is 1. The Hall–Kier alpha value is -1.59. The third-order valence-corrected chi connectivity index (χ3v) is 3.88. The standard InChI is InChI=1S/C13H12ClN3OS/c1-7-6-15-12(18-7)8(2)16-13-17-10-4-3-9(14)5-11(10)19-13/h3-6,8H,1-2H3,(H,16,17). The Kier molecular flexibility index (Phi) is 3.16. The number of thiazole rings is 1. The second-order valence-corrected chi connectivity index (χ2v) is 5.77. The van der Waals surface area contributed by atoms with Crippen LogP contribution in [0.5, 0.6) is 0 Å². The van der Waals surface area contributed by atoms with Crippen molar-refractivity contribution in [1.82, 2.24) is 9.97 Å². The summed E-state index contributed by atoms with van der Waals surface area (Å²) in [5.41, 5.74) is 0.938. The van der Waals surface area contributed by atoms with Gasteiger partial charge in [-0.2, -0.15) is 0 Å². The number of nitrogens with zero attached hydrogens (tertiary/aromatic N) is 2. The molecule has 0 saturated heterocycles. The maximum atomic E-state index is 5.97. The van der Waals surface area contributed by atoms with Crippen LogP contribution in [0.3, 0.4) is 0 Å². The second-order valence-electron chi connectivity index (χ2n) is 4.31. The van der Waals surface area contributed by atoms with Gasteiger partial charge in [0.05, 0.1) is 16.4 Å². The van der Waals surface area contributed by atoms with Crippen LogP contribution in [0.1, 0.15) is 24.6 Å². The van der Waals surface area contributed by atoms with Crippen molar-refractivity contribution in [3.05, 3.63) is 41.1 Å².